The molecule has 1 heterocycles. The quantitative estimate of drug-likeness (QED) is 0.665. The molecule has 3 N–H and O–H groups in total. The first-order valence-electron chi connectivity index (χ1n) is 7.48. The van der Waals surface area contributed by atoms with E-state index in [4.69, 9.17) is 4.42 Å². The van der Waals surface area contributed by atoms with E-state index in [1.807, 2.05) is 0 Å². The fourth-order valence-electron chi connectivity index (χ4n) is 1.99. The van der Waals surface area contributed by atoms with Gasteiger partial charge in [-0.1, -0.05) is 12.1 Å². The Kier molecular flexibility index (Phi) is 5.94. The van der Waals surface area contributed by atoms with Crippen LogP contribution < -0.4 is 15.4 Å². The summed E-state index contributed by atoms with van der Waals surface area (Å²) in [7, 11) is -2.15. The van der Waals surface area contributed by atoms with Crippen molar-refractivity contribution in [2.45, 2.75) is 24.4 Å². The smallest absolute Gasteiger partial charge is 0.287 e. The molecule has 0 aliphatic heterocycles. The van der Waals surface area contributed by atoms with E-state index in [1.54, 1.807) is 25.1 Å². The molecule has 0 saturated carbocycles. The summed E-state index contributed by atoms with van der Waals surface area (Å²) in [6.07, 6.45) is 1.37. The van der Waals surface area contributed by atoms with Crippen LogP contribution in [-0.2, 0) is 21.4 Å². The highest BCUT2D eigenvalue weighted by molar-refractivity contribution is 7.89. The fourth-order valence-corrected chi connectivity index (χ4v) is 2.72. The molecule has 1 unspecified atom stereocenters. The van der Waals surface area contributed by atoms with E-state index in [0.29, 0.717) is 0 Å². The molecule has 9 heteroatoms. The Hall–Kier alpha value is -2.65. The lowest BCUT2D eigenvalue weighted by Crippen LogP contribution is -2.44. The minimum absolute atomic E-state index is 0.126. The molecule has 0 aliphatic carbocycles. The van der Waals surface area contributed by atoms with E-state index in [0.717, 1.165) is 5.56 Å². The Morgan fingerprint density at radius 2 is 1.84 bits per heavy atom. The SMILES string of the molecule is CNS(=O)(=O)c1ccc(CNC(=O)C(C)NC(=O)c2ccco2)cc1. The fraction of sp³-hybridized carbons (Fsp3) is 0.250. The van der Waals surface area contributed by atoms with Crippen molar-refractivity contribution in [2.24, 2.45) is 0 Å². The Morgan fingerprint density at radius 3 is 2.40 bits per heavy atom. The van der Waals surface area contributed by atoms with Gasteiger partial charge in [0, 0.05) is 6.54 Å². The van der Waals surface area contributed by atoms with Gasteiger partial charge in [-0.05, 0) is 43.8 Å². The first-order chi connectivity index (χ1) is 11.8. The number of hydrogen-bond acceptors (Lipinski definition) is 5. The first-order valence-corrected chi connectivity index (χ1v) is 8.96. The van der Waals surface area contributed by atoms with E-state index >= 15 is 0 Å². The van der Waals surface area contributed by atoms with Crippen LogP contribution in [0.3, 0.4) is 0 Å². The zero-order valence-corrected chi connectivity index (χ0v) is 14.6. The number of benzene rings is 1. The molecular formula is C16H19N3O5S. The van der Waals surface area contributed by atoms with Crippen molar-refractivity contribution in [3.05, 3.63) is 54.0 Å². The van der Waals surface area contributed by atoms with Gasteiger partial charge in [0.2, 0.25) is 15.9 Å². The van der Waals surface area contributed by atoms with Gasteiger partial charge in [-0.3, -0.25) is 9.59 Å². The molecule has 1 atom stereocenters. The number of furan rings is 1. The number of rotatable bonds is 7. The third-order valence-corrected chi connectivity index (χ3v) is 4.89. The van der Waals surface area contributed by atoms with Crippen LogP contribution in [0.2, 0.25) is 0 Å². The molecule has 25 heavy (non-hydrogen) atoms. The van der Waals surface area contributed by atoms with Gasteiger partial charge in [0.15, 0.2) is 5.76 Å². The molecule has 8 nitrogen and oxygen atoms in total. The molecule has 0 spiro atoms. The predicted molar refractivity (Wildman–Crippen MR) is 90.2 cm³/mol. The van der Waals surface area contributed by atoms with Crippen LogP contribution in [0.1, 0.15) is 23.0 Å². The largest absolute Gasteiger partial charge is 0.459 e. The van der Waals surface area contributed by atoms with E-state index in [2.05, 4.69) is 15.4 Å². The van der Waals surface area contributed by atoms with Crippen LogP contribution in [0.15, 0.2) is 52.0 Å². The van der Waals surface area contributed by atoms with Crippen molar-refractivity contribution in [1.82, 2.24) is 15.4 Å². The van der Waals surface area contributed by atoms with Crippen LogP contribution in [0.5, 0.6) is 0 Å². The summed E-state index contributed by atoms with van der Waals surface area (Å²) < 4.78 is 30.5. The van der Waals surface area contributed by atoms with Crippen molar-refractivity contribution >= 4 is 21.8 Å². The molecule has 1 aromatic carbocycles. The molecular weight excluding hydrogens is 346 g/mol. The number of carbonyl (C=O) groups excluding carboxylic acids is 2. The van der Waals surface area contributed by atoms with Crippen LogP contribution in [0.25, 0.3) is 0 Å². The van der Waals surface area contributed by atoms with Gasteiger partial charge in [0.1, 0.15) is 6.04 Å². The Labute approximate surface area is 145 Å². The lowest BCUT2D eigenvalue weighted by Gasteiger charge is -2.13. The van der Waals surface area contributed by atoms with Crippen LogP contribution in [-0.4, -0.2) is 33.3 Å². The van der Waals surface area contributed by atoms with Gasteiger partial charge >= 0.3 is 0 Å². The van der Waals surface area contributed by atoms with E-state index < -0.39 is 22.0 Å². The molecule has 2 aromatic rings. The normalized spacial score (nSPS) is 12.4. The first kappa shape index (κ1) is 18.7. The lowest BCUT2D eigenvalue weighted by molar-refractivity contribution is -0.122. The van der Waals surface area contributed by atoms with Crippen molar-refractivity contribution in [3.63, 3.8) is 0 Å². The number of carbonyl (C=O) groups is 2. The monoisotopic (exact) mass is 365 g/mol. The van der Waals surface area contributed by atoms with Gasteiger partial charge in [-0.25, -0.2) is 13.1 Å². The lowest BCUT2D eigenvalue weighted by atomic mass is 10.2. The second-order valence-electron chi connectivity index (χ2n) is 5.24. The van der Waals surface area contributed by atoms with Gasteiger partial charge in [0.05, 0.1) is 11.2 Å². The van der Waals surface area contributed by atoms with Gasteiger partial charge in [-0.2, -0.15) is 0 Å². The van der Waals surface area contributed by atoms with E-state index in [9.17, 15) is 18.0 Å². The second-order valence-corrected chi connectivity index (χ2v) is 7.13. The van der Waals surface area contributed by atoms with Crippen molar-refractivity contribution in [2.75, 3.05) is 7.05 Å². The molecule has 134 valence electrons. The summed E-state index contributed by atoms with van der Waals surface area (Å²) in [5, 5.41) is 5.19. The summed E-state index contributed by atoms with van der Waals surface area (Å²) in [6, 6.07) is 8.46. The molecule has 0 bridgehead atoms. The van der Waals surface area contributed by atoms with Crippen LogP contribution >= 0.6 is 0 Å². The third kappa shape index (κ3) is 4.91. The minimum Gasteiger partial charge on any atom is -0.459 e. The summed E-state index contributed by atoms with van der Waals surface area (Å²) in [5.74, 6) is -0.720. The number of hydrogen-bond donors (Lipinski definition) is 3. The maximum absolute atomic E-state index is 12.0. The minimum atomic E-state index is -3.49. The van der Waals surface area contributed by atoms with Gasteiger partial charge < -0.3 is 15.1 Å². The number of nitrogens with one attached hydrogen (secondary N) is 3. The molecule has 2 amide bonds. The summed E-state index contributed by atoms with van der Waals surface area (Å²) in [4.78, 5) is 24.0. The highest BCUT2D eigenvalue weighted by Crippen LogP contribution is 2.10. The highest BCUT2D eigenvalue weighted by atomic mass is 32.2. The van der Waals surface area contributed by atoms with Crippen molar-refractivity contribution in [1.29, 1.82) is 0 Å². The average Bonchev–Trinajstić information content (AvgIpc) is 3.14. The topological polar surface area (TPSA) is 118 Å². The average molecular weight is 365 g/mol. The zero-order chi connectivity index (χ0) is 18.4. The highest BCUT2D eigenvalue weighted by Gasteiger charge is 2.18. The molecule has 0 aliphatic rings. The Morgan fingerprint density at radius 1 is 1.16 bits per heavy atom. The maximum Gasteiger partial charge on any atom is 0.287 e. The predicted octanol–water partition coefficient (Wildman–Crippen LogP) is 0.622. The molecule has 0 fully saturated rings. The molecule has 0 radical (unpaired) electrons. The summed E-state index contributed by atoms with van der Waals surface area (Å²) >= 11 is 0. The third-order valence-electron chi connectivity index (χ3n) is 3.45. The standard InChI is InChI=1S/C16H19N3O5S/c1-11(19-16(21)14-4-3-9-24-14)15(20)18-10-12-5-7-13(8-6-12)25(22,23)17-2/h3-9,11,17H,10H2,1-2H3,(H,18,20)(H,19,21). The molecule has 0 saturated heterocycles. The maximum atomic E-state index is 12.0. The van der Waals surface area contributed by atoms with E-state index in [-0.39, 0.29) is 23.1 Å². The van der Waals surface area contributed by atoms with Gasteiger partial charge in [0.25, 0.3) is 5.91 Å². The van der Waals surface area contributed by atoms with E-state index in [1.165, 1.54) is 31.5 Å². The van der Waals surface area contributed by atoms with Crippen molar-refractivity contribution < 1.29 is 22.4 Å². The summed E-state index contributed by atoms with van der Waals surface area (Å²) in [5.41, 5.74) is 0.730. The van der Waals surface area contributed by atoms with Crippen molar-refractivity contribution in [3.8, 4) is 0 Å². The number of sulfonamides is 1. The number of amides is 2. The molecule has 2 rings (SSSR count). The van der Waals surface area contributed by atoms with Crippen LogP contribution in [0, 0.1) is 0 Å². The second kappa shape index (κ2) is 7.95. The molecule has 1 aromatic heterocycles. The van der Waals surface area contributed by atoms with Gasteiger partial charge in [-0.15, -0.1) is 0 Å². The zero-order valence-electron chi connectivity index (χ0n) is 13.8. The Bertz CT molecular complexity index is 829. The summed E-state index contributed by atoms with van der Waals surface area (Å²) in [6.45, 7) is 1.76. The van der Waals surface area contributed by atoms with Crippen LogP contribution in [0.4, 0.5) is 0 Å². The Balaban J connectivity index is 1.88.